The lowest BCUT2D eigenvalue weighted by Crippen LogP contribution is -2.53. The normalized spacial score (nSPS) is 14.5. The maximum Gasteiger partial charge on any atom is 0.338 e. The van der Waals surface area contributed by atoms with Gasteiger partial charge in [-0.2, -0.15) is 0 Å². The molecule has 1 aromatic rings. The van der Waals surface area contributed by atoms with Gasteiger partial charge in [-0.15, -0.1) is 0 Å². The highest BCUT2D eigenvalue weighted by Gasteiger charge is 2.42. The standard InChI is InChI=1S/C19H17N3O9/c1-20-16(24)15(17(25)21(2)19(20)27)14(10-6-5-7-11(8-10)22(28)29)12(18(26)31-4)9-13(23)30-3/h5-9H,1-4H3/b12-9+. The van der Waals surface area contributed by atoms with Crippen molar-refractivity contribution in [3.8, 4) is 0 Å². The minimum Gasteiger partial charge on any atom is -0.466 e. The first-order valence-electron chi connectivity index (χ1n) is 8.52. The van der Waals surface area contributed by atoms with Gasteiger partial charge in [-0.1, -0.05) is 12.1 Å². The van der Waals surface area contributed by atoms with Gasteiger partial charge >= 0.3 is 18.0 Å². The highest BCUT2D eigenvalue weighted by molar-refractivity contribution is 6.34. The number of benzene rings is 1. The molecule has 0 N–H and O–H groups in total. The molecule has 0 aliphatic carbocycles. The molecule has 1 aromatic carbocycles. The molecule has 0 radical (unpaired) electrons. The number of carbonyl (C=O) groups is 5. The molecule has 0 atom stereocenters. The Labute approximate surface area is 175 Å². The number of hydrogen-bond acceptors (Lipinski definition) is 9. The molecule has 162 valence electrons. The van der Waals surface area contributed by atoms with Crippen molar-refractivity contribution in [2.45, 2.75) is 0 Å². The zero-order chi connectivity index (χ0) is 23.5. The molecule has 0 saturated carbocycles. The summed E-state index contributed by atoms with van der Waals surface area (Å²) in [4.78, 5) is 74.0. The van der Waals surface area contributed by atoms with Crippen molar-refractivity contribution in [3.63, 3.8) is 0 Å². The molecule has 0 spiro atoms. The number of likely N-dealkylation sites (N-methyl/N-ethyl adjacent to an activating group) is 2. The third-order valence-corrected chi connectivity index (χ3v) is 4.34. The third kappa shape index (κ3) is 4.32. The second-order valence-electron chi connectivity index (χ2n) is 6.14. The summed E-state index contributed by atoms with van der Waals surface area (Å²) >= 11 is 0. The molecular weight excluding hydrogens is 414 g/mol. The zero-order valence-electron chi connectivity index (χ0n) is 16.9. The molecule has 0 aromatic heterocycles. The summed E-state index contributed by atoms with van der Waals surface area (Å²) in [7, 11) is 4.25. The predicted octanol–water partition coefficient (Wildman–Crippen LogP) is 0.671. The summed E-state index contributed by atoms with van der Waals surface area (Å²) in [5, 5.41) is 11.2. The van der Waals surface area contributed by atoms with Crippen molar-refractivity contribution in [2.24, 2.45) is 0 Å². The maximum atomic E-state index is 12.9. The first kappa shape index (κ1) is 22.9. The van der Waals surface area contributed by atoms with Crippen LogP contribution in [0, 0.1) is 10.1 Å². The molecule has 1 aliphatic heterocycles. The quantitative estimate of drug-likeness (QED) is 0.215. The van der Waals surface area contributed by atoms with Crippen LogP contribution in [-0.4, -0.2) is 72.8 Å². The van der Waals surface area contributed by atoms with Gasteiger partial charge in [0.2, 0.25) is 0 Å². The van der Waals surface area contributed by atoms with E-state index in [-0.39, 0.29) is 5.56 Å². The van der Waals surface area contributed by atoms with Crippen LogP contribution in [0.4, 0.5) is 10.5 Å². The molecule has 31 heavy (non-hydrogen) atoms. The van der Waals surface area contributed by atoms with E-state index in [0.717, 1.165) is 40.4 Å². The summed E-state index contributed by atoms with van der Waals surface area (Å²) in [6.45, 7) is 0. The van der Waals surface area contributed by atoms with Crippen LogP contribution < -0.4 is 0 Å². The molecule has 1 saturated heterocycles. The Hall–Kier alpha value is -4.35. The van der Waals surface area contributed by atoms with E-state index in [1.807, 2.05) is 0 Å². The van der Waals surface area contributed by atoms with Gasteiger partial charge in [-0.25, -0.2) is 14.4 Å². The van der Waals surface area contributed by atoms with Gasteiger partial charge < -0.3 is 9.47 Å². The fourth-order valence-corrected chi connectivity index (χ4v) is 2.77. The highest BCUT2D eigenvalue weighted by Crippen LogP contribution is 2.33. The highest BCUT2D eigenvalue weighted by atomic mass is 16.6. The number of nitro benzene ring substituents is 1. The lowest BCUT2D eigenvalue weighted by Gasteiger charge is -2.30. The van der Waals surface area contributed by atoms with Crippen LogP contribution in [-0.2, 0) is 28.7 Å². The molecule has 4 amide bonds. The van der Waals surface area contributed by atoms with Gasteiger partial charge in [0.1, 0.15) is 5.57 Å². The van der Waals surface area contributed by atoms with E-state index in [1.165, 1.54) is 12.1 Å². The lowest BCUT2D eigenvalue weighted by molar-refractivity contribution is -0.384. The van der Waals surface area contributed by atoms with Crippen LogP contribution in [0.5, 0.6) is 0 Å². The number of hydrogen-bond donors (Lipinski definition) is 0. The van der Waals surface area contributed by atoms with Crippen LogP contribution in [0.15, 0.2) is 41.5 Å². The van der Waals surface area contributed by atoms with Crippen molar-refractivity contribution in [1.29, 1.82) is 0 Å². The number of esters is 2. The van der Waals surface area contributed by atoms with Crippen molar-refractivity contribution < 1.29 is 38.4 Å². The van der Waals surface area contributed by atoms with E-state index >= 15 is 0 Å². The number of non-ortho nitro benzene ring substituents is 1. The summed E-state index contributed by atoms with van der Waals surface area (Å²) in [5.74, 6) is -4.29. The Balaban J connectivity index is 3.00. The van der Waals surface area contributed by atoms with Crippen LogP contribution in [0.25, 0.3) is 5.57 Å². The topological polar surface area (TPSA) is 153 Å². The van der Waals surface area contributed by atoms with Crippen molar-refractivity contribution in [3.05, 3.63) is 57.2 Å². The van der Waals surface area contributed by atoms with E-state index < -0.39 is 57.1 Å². The smallest absolute Gasteiger partial charge is 0.338 e. The molecule has 1 heterocycles. The summed E-state index contributed by atoms with van der Waals surface area (Å²) in [6.07, 6.45) is 0.685. The SMILES string of the molecule is COC(=O)/C=C(/C(=O)OC)C(=C1C(=O)N(C)C(=O)N(C)C1=O)c1cccc([N+](=O)[O-])c1. The van der Waals surface area contributed by atoms with Crippen LogP contribution in [0.2, 0.25) is 0 Å². The maximum absolute atomic E-state index is 12.9. The van der Waals surface area contributed by atoms with Gasteiger partial charge in [-0.05, 0) is 5.56 Å². The van der Waals surface area contributed by atoms with Gasteiger partial charge in [0, 0.05) is 37.9 Å². The summed E-state index contributed by atoms with van der Waals surface area (Å²) < 4.78 is 9.20. The van der Waals surface area contributed by atoms with Gasteiger partial charge in [0.25, 0.3) is 17.5 Å². The number of amides is 4. The van der Waals surface area contributed by atoms with Crippen LogP contribution in [0.3, 0.4) is 0 Å². The molecule has 1 fully saturated rings. The average molecular weight is 431 g/mol. The summed E-state index contributed by atoms with van der Waals surface area (Å²) in [6, 6.07) is 3.79. The number of nitro groups is 1. The predicted molar refractivity (Wildman–Crippen MR) is 103 cm³/mol. The number of rotatable bonds is 5. The Morgan fingerprint density at radius 3 is 2.10 bits per heavy atom. The number of barbiturate groups is 1. The minimum atomic E-state index is -1.12. The fourth-order valence-electron chi connectivity index (χ4n) is 2.77. The zero-order valence-corrected chi connectivity index (χ0v) is 16.9. The van der Waals surface area contributed by atoms with E-state index in [1.54, 1.807) is 0 Å². The molecular formula is C19H17N3O9. The van der Waals surface area contributed by atoms with Gasteiger partial charge in [0.15, 0.2) is 0 Å². The Kier molecular flexibility index (Phi) is 6.65. The average Bonchev–Trinajstić information content (AvgIpc) is 2.77. The van der Waals surface area contributed by atoms with Crippen LogP contribution in [0.1, 0.15) is 5.56 Å². The fraction of sp³-hybridized carbons (Fsp3) is 0.211. The van der Waals surface area contributed by atoms with Crippen molar-refractivity contribution in [1.82, 2.24) is 9.80 Å². The number of urea groups is 1. The summed E-state index contributed by atoms with van der Waals surface area (Å²) in [5.41, 5.74) is -2.18. The van der Waals surface area contributed by atoms with Crippen LogP contribution >= 0.6 is 0 Å². The number of nitrogens with zero attached hydrogens (tertiary/aromatic N) is 3. The molecule has 0 bridgehead atoms. The molecule has 12 nitrogen and oxygen atoms in total. The number of carbonyl (C=O) groups excluding carboxylic acids is 5. The molecule has 12 heteroatoms. The first-order chi connectivity index (χ1) is 14.5. The van der Waals surface area contributed by atoms with Gasteiger partial charge in [0.05, 0.1) is 24.7 Å². The second-order valence-corrected chi connectivity index (χ2v) is 6.14. The Morgan fingerprint density at radius 2 is 1.61 bits per heavy atom. The van der Waals surface area contributed by atoms with Crippen molar-refractivity contribution >= 4 is 41.0 Å². The van der Waals surface area contributed by atoms with E-state index in [0.29, 0.717) is 15.9 Å². The third-order valence-electron chi connectivity index (χ3n) is 4.34. The minimum absolute atomic E-state index is 0.109. The van der Waals surface area contributed by atoms with Gasteiger partial charge in [-0.3, -0.25) is 29.5 Å². The molecule has 1 aliphatic rings. The van der Waals surface area contributed by atoms with E-state index in [2.05, 4.69) is 9.47 Å². The Morgan fingerprint density at radius 1 is 1.03 bits per heavy atom. The van der Waals surface area contributed by atoms with E-state index in [9.17, 15) is 34.1 Å². The Bertz CT molecular complexity index is 1050. The lowest BCUT2D eigenvalue weighted by atomic mass is 9.90. The monoisotopic (exact) mass is 431 g/mol. The molecule has 2 rings (SSSR count). The van der Waals surface area contributed by atoms with Crippen molar-refractivity contribution in [2.75, 3.05) is 28.3 Å². The molecule has 0 unspecified atom stereocenters. The number of methoxy groups -OCH3 is 2. The largest absolute Gasteiger partial charge is 0.466 e. The second kappa shape index (κ2) is 8.98. The first-order valence-corrected chi connectivity index (χ1v) is 8.52. The van der Waals surface area contributed by atoms with E-state index in [4.69, 9.17) is 0 Å². The number of ether oxygens (including phenoxy) is 2. The number of imide groups is 2.